The number of hydrogen-bond acceptors (Lipinski definition) is 0. The third-order valence-electron chi connectivity index (χ3n) is 0.551. The quantitative estimate of drug-likeness (QED) is 0.598. The lowest BCUT2D eigenvalue weighted by atomic mass is 10.4. The Balaban J connectivity index is 4.40. The summed E-state index contributed by atoms with van der Waals surface area (Å²) >= 11 is 6.70. The van der Waals surface area contributed by atoms with Gasteiger partial charge in [-0.05, 0) is 34.5 Å². The Labute approximate surface area is 63.8 Å². The molecule has 0 fully saturated rings. The fraction of sp³-hybridized carbons (Fsp3) is 0.500. The number of alkyl halides is 2. The van der Waals surface area contributed by atoms with E-state index in [2.05, 4.69) is 27.5 Å². The molecule has 0 radical (unpaired) electrons. The van der Waals surface area contributed by atoms with Crippen LogP contribution in [0.2, 0.25) is 0 Å². The molecule has 0 spiro atoms. The van der Waals surface area contributed by atoms with Crippen LogP contribution in [0.4, 0.5) is 13.2 Å². The van der Waals surface area contributed by atoms with Gasteiger partial charge in [-0.15, -0.1) is 0 Å². The van der Waals surface area contributed by atoms with Crippen molar-refractivity contribution in [1.29, 1.82) is 0 Å². The van der Waals surface area contributed by atoms with Crippen molar-refractivity contribution in [3.63, 3.8) is 0 Å². The van der Waals surface area contributed by atoms with Crippen molar-refractivity contribution >= 4 is 27.5 Å². The molecule has 0 rings (SSSR count). The largest absolute Gasteiger partial charge is 0.224 e. The molecule has 1 atom stereocenters. The van der Waals surface area contributed by atoms with Crippen LogP contribution in [0.25, 0.3) is 0 Å². The summed E-state index contributed by atoms with van der Waals surface area (Å²) in [5.74, 6) is -1.65. The van der Waals surface area contributed by atoms with Crippen molar-refractivity contribution in [2.45, 2.75) is 11.5 Å². The minimum absolute atomic E-state index is 0.796. The first-order valence-electron chi connectivity index (χ1n) is 1.94. The summed E-state index contributed by atoms with van der Waals surface area (Å²) in [4.78, 5) is 0. The standard InChI is InChI=1S/C4H3BrClF3/c1-4(5,9)2(7)3(6)8/h1H3. The second-order valence-corrected chi connectivity index (χ2v) is 3.28. The second-order valence-electron chi connectivity index (χ2n) is 1.46. The van der Waals surface area contributed by atoms with E-state index in [-0.39, 0.29) is 0 Å². The molecule has 0 aliphatic rings. The minimum Gasteiger partial charge on any atom is -0.224 e. The van der Waals surface area contributed by atoms with Crippen molar-refractivity contribution < 1.29 is 13.2 Å². The molecule has 0 nitrogen and oxygen atoms in total. The molecule has 0 aromatic carbocycles. The fourth-order valence-electron chi connectivity index (χ4n) is 0.166. The minimum atomic E-state index is -2.50. The number of allylic oxidation sites excluding steroid dienone is 1. The van der Waals surface area contributed by atoms with E-state index >= 15 is 0 Å². The van der Waals surface area contributed by atoms with Crippen molar-refractivity contribution in [3.05, 3.63) is 11.1 Å². The molecule has 54 valence electrons. The Kier molecular flexibility index (Phi) is 3.02. The Hall–Kier alpha value is 0.300. The van der Waals surface area contributed by atoms with Gasteiger partial charge in [0.15, 0.2) is 5.83 Å². The molecule has 1 unspecified atom stereocenters. The Morgan fingerprint density at radius 1 is 1.56 bits per heavy atom. The summed E-state index contributed by atoms with van der Waals surface area (Å²) in [6, 6.07) is 0. The Morgan fingerprint density at radius 3 is 1.89 bits per heavy atom. The van der Waals surface area contributed by atoms with Gasteiger partial charge in [-0.25, -0.2) is 8.78 Å². The van der Waals surface area contributed by atoms with Crippen LogP contribution in [0.3, 0.4) is 0 Å². The van der Waals surface area contributed by atoms with Crippen molar-refractivity contribution in [2.75, 3.05) is 0 Å². The van der Waals surface area contributed by atoms with E-state index in [1.165, 1.54) is 0 Å². The van der Waals surface area contributed by atoms with E-state index < -0.39 is 15.7 Å². The lowest BCUT2D eigenvalue weighted by Gasteiger charge is -2.06. The third kappa shape index (κ3) is 3.11. The molecule has 9 heavy (non-hydrogen) atoms. The van der Waals surface area contributed by atoms with Crippen LogP contribution < -0.4 is 0 Å². The topological polar surface area (TPSA) is 0 Å². The summed E-state index contributed by atoms with van der Waals surface area (Å²) in [5, 5.41) is -1.67. The molecule has 0 aliphatic carbocycles. The van der Waals surface area contributed by atoms with Crippen LogP contribution in [-0.2, 0) is 0 Å². The molecule has 0 heterocycles. The number of hydrogen-bond donors (Lipinski definition) is 0. The lowest BCUT2D eigenvalue weighted by molar-refractivity contribution is 0.310. The summed E-state index contributed by atoms with van der Waals surface area (Å²) in [5.41, 5.74) is 0. The fourth-order valence-corrected chi connectivity index (χ4v) is 0.632. The van der Waals surface area contributed by atoms with E-state index in [0.29, 0.717) is 0 Å². The molecule has 5 heteroatoms. The van der Waals surface area contributed by atoms with E-state index in [0.717, 1.165) is 6.92 Å². The molecule has 0 saturated carbocycles. The molecule has 0 amide bonds. The van der Waals surface area contributed by atoms with Crippen LogP contribution in [0.5, 0.6) is 0 Å². The molecular weight excluding hydrogens is 220 g/mol. The van der Waals surface area contributed by atoms with Gasteiger partial charge in [0.25, 0.3) is 0 Å². The highest BCUT2D eigenvalue weighted by Crippen LogP contribution is 2.33. The highest BCUT2D eigenvalue weighted by molar-refractivity contribution is 9.10. The van der Waals surface area contributed by atoms with Gasteiger partial charge in [-0.1, -0.05) is 0 Å². The molecule has 0 aliphatic heterocycles. The van der Waals surface area contributed by atoms with Crippen LogP contribution in [-0.4, -0.2) is 4.58 Å². The molecule has 0 N–H and O–H groups in total. The molecular formula is C4H3BrClF3. The maximum Gasteiger partial charge on any atom is 0.224 e. The average Bonchev–Trinajstić information content (AvgIpc) is 1.62. The van der Waals surface area contributed by atoms with Gasteiger partial charge in [-0.3, -0.25) is 0 Å². The van der Waals surface area contributed by atoms with Gasteiger partial charge in [0.05, 0.1) is 0 Å². The maximum atomic E-state index is 12.2. The zero-order valence-corrected chi connectivity index (χ0v) is 6.73. The normalized spacial score (nSPS) is 20.7. The monoisotopic (exact) mass is 222 g/mol. The van der Waals surface area contributed by atoms with Crippen molar-refractivity contribution in [1.82, 2.24) is 0 Å². The third-order valence-corrected chi connectivity index (χ3v) is 1.07. The van der Waals surface area contributed by atoms with Gasteiger partial charge < -0.3 is 0 Å². The van der Waals surface area contributed by atoms with E-state index in [1.807, 2.05) is 0 Å². The summed E-state index contributed by atoms with van der Waals surface area (Å²) in [6.45, 7) is 0.796. The molecule has 0 aromatic rings. The summed E-state index contributed by atoms with van der Waals surface area (Å²) < 4.78 is 33.3. The molecule has 0 bridgehead atoms. The van der Waals surface area contributed by atoms with Gasteiger partial charge >= 0.3 is 0 Å². The van der Waals surface area contributed by atoms with Crippen molar-refractivity contribution in [3.8, 4) is 0 Å². The first kappa shape index (κ1) is 9.30. The van der Waals surface area contributed by atoms with Crippen LogP contribution in [0.1, 0.15) is 6.92 Å². The zero-order valence-electron chi connectivity index (χ0n) is 4.39. The maximum absolute atomic E-state index is 12.2. The number of rotatable bonds is 1. The van der Waals surface area contributed by atoms with Gasteiger partial charge in [-0.2, -0.15) is 4.39 Å². The van der Waals surface area contributed by atoms with Gasteiger partial charge in [0, 0.05) is 0 Å². The summed E-state index contributed by atoms with van der Waals surface area (Å²) in [6.07, 6.45) is 0. The summed E-state index contributed by atoms with van der Waals surface area (Å²) in [7, 11) is 0. The van der Waals surface area contributed by atoms with Gasteiger partial charge in [0.1, 0.15) is 0 Å². The smallest absolute Gasteiger partial charge is 0.224 e. The number of halogens is 5. The Bertz CT molecular complexity index is 133. The van der Waals surface area contributed by atoms with Crippen LogP contribution in [0.15, 0.2) is 11.1 Å². The average molecular weight is 223 g/mol. The predicted molar refractivity (Wildman–Crippen MR) is 33.5 cm³/mol. The van der Waals surface area contributed by atoms with E-state index in [1.54, 1.807) is 0 Å². The van der Waals surface area contributed by atoms with Gasteiger partial charge in [0.2, 0.25) is 9.86 Å². The van der Waals surface area contributed by atoms with E-state index in [4.69, 9.17) is 0 Å². The lowest BCUT2D eigenvalue weighted by Crippen LogP contribution is -2.07. The van der Waals surface area contributed by atoms with E-state index in [9.17, 15) is 13.2 Å². The first-order chi connectivity index (χ1) is 3.85. The van der Waals surface area contributed by atoms with Crippen LogP contribution >= 0.6 is 27.5 Å². The van der Waals surface area contributed by atoms with Crippen molar-refractivity contribution in [2.24, 2.45) is 0 Å². The molecule has 0 saturated heterocycles. The SMILES string of the molecule is CC(F)(Br)C(F)=C(F)Cl. The first-order valence-corrected chi connectivity index (χ1v) is 3.12. The predicted octanol–water partition coefficient (Wildman–Crippen LogP) is 3.41. The molecule has 0 aromatic heterocycles. The highest BCUT2D eigenvalue weighted by atomic mass is 79.9. The van der Waals surface area contributed by atoms with Crippen LogP contribution in [0, 0.1) is 0 Å². The Morgan fingerprint density at radius 2 is 1.89 bits per heavy atom. The highest BCUT2D eigenvalue weighted by Gasteiger charge is 2.28. The second kappa shape index (κ2) is 2.92. The zero-order chi connectivity index (χ0) is 7.65.